The lowest BCUT2D eigenvalue weighted by molar-refractivity contribution is 0.194. The number of sulfone groups is 1. The highest BCUT2D eigenvalue weighted by atomic mass is 35.5. The molecule has 17 heavy (non-hydrogen) atoms. The SMILES string of the molecule is COCCCCS(=O)(=O)c1c(N)cccc1Cl. The molecule has 0 aliphatic heterocycles. The van der Waals surface area contributed by atoms with Crippen molar-refractivity contribution >= 4 is 27.1 Å². The smallest absolute Gasteiger partial charge is 0.181 e. The molecule has 0 saturated carbocycles. The van der Waals surface area contributed by atoms with Gasteiger partial charge in [-0.25, -0.2) is 8.42 Å². The first-order valence-corrected chi connectivity index (χ1v) is 7.27. The Bertz CT molecular complexity index is 453. The normalized spacial score (nSPS) is 11.6. The van der Waals surface area contributed by atoms with Gasteiger partial charge in [0.2, 0.25) is 0 Å². The van der Waals surface area contributed by atoms with Crippen LogP contribution < -0.4 is 5.73 Å². The third-order valence-corrected chi connectivity index (χ3v) is 4.65. The van der Waals surface area contributed by atoms with Crippen molar-refractivity contribution in [3.63, 3.8) is 0 Å². The van der Waals surface area contributed by atoms with Crippen molar-refractivity contribution in [1.82, 2.24) is 0 Å². The quantitative estimate of drug-likeness (QED) is 0.639. The van der Waals surface area contributed by atoms with Crippen LogP contribution in [-0.2, 0) is 14.6 Å². The van der Waals surface area contributed by atoms with Gasteiger partial charge in [-0.05, 0) is 25.0 Å². The molecule has 0 unspecified atom stereocenters. The summed E-state index contributed by atoms with van der Waals surface area (Å²) in [5, 5.41) is 0.178. The first kappa shape index (κ1) is 14.3. The van der Waals surface area contributed by atoms with Crippen molar-refractivity contribution in [2.24, 2.45) is 0 Å². The van der Waals surface area contributed by atoms with E-state index in [-0.39, 0.29) is 21.4 Å². The summed E-state index contributed by atoms with van der Waals surface area (Å²) in [7, 11) is -1.83. The molecule has 0 saturated heterocycles. The van der Waals surface area contributed by atoms with Crippen LogP contribution in [0.15, 0.2) is 23.1 Å². The van der Waals surface area contributed by atoms with E-state index in [1.807, 2.05) is 0 Å². The Kier molecular flexibility index (Phi) is 5.24. The van der Waals surface area contributed by atoms with Crippen molar-refractivity contribution in [2.45, 2.75) is 17.7 Å². The van der Waals surface area contributed by atoms with Gasteiger partial charge in [0.05, 0.1) is 16.5 Å². The van der Waals surface area contributed by atoms with Crippen molar-refractivity contribution in [3.8, 4) is 0 Å². The highest BCUT2D eigenvalue weighted by molar-refractivity contribution is 7.91. The fourth-order valence-electron chi connectivity index (χ4n) is 1.49. The minimum Gasteiger partial charge on any atom is -0.398 e. The summed E-state index contributed by atoms with van der Waals surface area (Å²) in [4.78, 5) is 0.0408. The number of nitrogens with two attached hydrogens (primary N) is 1. The molecule has 0 aliphatic carbocycles. The number of anilines is 1. The number of hydrogen-bond acceptors (Lipinski definition) is 4. The van der Waals surface area contributed by atoms with Crippen molar-refractivity contribution < 1.29 is 13.2 Å². The van der Waals surface area contributed by atoms with Gasteiger partial charge in [0.1, 0.15) is 4.90 Å². The topological polar surface area (TPSA) is 69.4 Å². The molecule has 0 fully saturated rings. The molecule has 0 amide bonds. The van der Waals surface area contributed by atoms with Crippen LogP contribution in [-0.4, -0.2) is 27.9 Å². The Labute approximate surface area is 107 Å². The number of methoxy groups -OCH3 is 1. The molecule has 0 spiro atoms. The van der Waals surface area contributed by atoms with E-state index >= 15 is 0 Å². The summed E-state index contributed by atoms with van der Waals surface area (Å²) in [5.41, 5.74) is 5.85. The molecule has 0 atom stereocenters. The first-order valence-electron chi connectivity index (χ1n) is 5.24. The van der Waals surface area contributed by atoms with Gasteiger partial charge in [-0.1, -0.05) is 17.7 Å². The Morgan fingerprint density at radius 2 is 2.06 bits per heavy atom. The van der Waals surface area contributed by atoms with E-state index in [4.69, 9.17) is 22.1 Å². The molecule has 96 valence electrons. The molecule has 4 nitrogen and oxygen atoms in total. The average molecular weight is 278 g/mol. The molecular formula is C11H16ClNO3S. The Morgan fingerprint density at radius 3 is 2.65 bits per heavy atom. The lowest BCUT2D eigenvalue weighted by atomic mass is 10.3. The van der Waals surface area contributed by atoms with E-state index in [0.29, 0.717) is 19.4 Å². The zero-order valence-corrected chi connectivity index (χ0v) is 11.2. The Balaban J connectivity index is 2.83. The third kappa shape index (κ3) is 3.87. The van der Waals surface area contributed by atoms with Crippen LogP contribution in [0.3, 0.4) is 0 Å². The van der Waals surface area contributed by atoms with Gasteiger partial charge in [-0.2, -0.15) is 0 Å². The maximum atomic E-state index is 12.0. The van der Waals surface area contributed by atoms with E-state index in [2.05, 4.69) is 0 Å². The molecule has 1 aromatic carbocycles. The van der Waals surface area contributed by atoms with Gasteiger partial charge in [-0.3, -0.25) is 0 Å². The summed E-state index contributed by atoms with van der Waals surface area (Å²) in [6.07, 6.45) is 1.22. The second-order valence-corrected chi connectivity index (χ2v) is 6.13. The number of benzene rings is 1. The fraction of sp³-hybridized carbons (Fsp3) is 0.455. The number of nitrogen functional groups attached to an aromatic ring is 1. The molecule has 0 heterocycles. The summed E-state index contributed by atoms with van der Waals surface area (Å²) < 4.78 is 28.9. The lowest BCUT2D eigenvalue weighted by Gasteiger charge is -2.09. The van der Waals surface area contributed by atoms with Gasteiger partial charge in [0.15, 0.2) is 9.84 Å². The minimum atomic E-state index is -3.41. The average Bonchev–Trinajstić information content (AvgIpc) is 2.24. The molecule has 2 N–H and O–H groups in total. The van der Waals surface area contributed by atoms with Gasteiger partial charge in [0, 0.05) is 13.7 Å². The number of halogens is 1. The molecular weight excluding hydrogens is 262 g/mol. The molecule has 0 bridgehead atoms. The van der Waals surface area contributed by atoms with Gasteiger partial charge in [-0.15, -0.1) is 0 Å². The zero-order valence-electron chi connectivity index (χ0n) is 9.65. The van der Waals surface area contributed by atoms with Crippen LogP contribution in [0, 0.1) is 0 Å². The van der Waals surface area contributed by atoms with E-state index < -0.39 is 9.84 Å². The first-order chi connectivity index (χ1) is 7.99. The largest absolute Gasteiger partial charge is 0.398 e. The van der Waals surface area contributed by atoms with Crippen LogP contribution in [0.1, 0.15) is 12.8 Å². The molecule has 0 aliphatic rings. The van der Waals surface area contributed by atoms with E-state index in [9.17, 15) is 8.42 Å². The van der Waals surface area contributed by atoms with Crippen molar-refractivity contribution in [3.05, 3.63) is 23.2 Å². The summed E-state index contributed by atoms with van der Waals surface area (Å²) >= 11 is 5.87. The molecule has 1 rings (SSSR count). The number of hydrogen-bond donors (Lipinski definition) is 1. The fourth-order valence-corrected chi connectivity index (χ4v) is 3.61. The van der Waals surface area contributed by atoms with E-state index in [1.165, 1.54) is 12.1 Å². The number of ether oxygens (including phenoxy) is 1. The van der Waals surface area contributed by atoms with Crippen LogP contribution >= 0.6 is 11.6 Å². The summed E-state index contributed by atoms with van der Waals surface area (Å²) in [5.74, 6) is 0.0320. The second-order valence-electron chi connectivity index (χ2n) is 3.68. The zero-order chi connectivity index (χ0) is 12.9. The van der Waals surface area contributed by atoms with Gasteiger partial charge >= 0.3 is 0 Å². The third-order valence-electron chi connectivity index (χ3n) is 2.32. The van der Waals surface area contributed by atoms with Crippen LogP contribution in [0.25, 0.3) is 0 Å². The number of rotatable bonds is 6. The Morgan fingerprint density at radius 1 is 1.35 bits per heavy atom. The standard InChI is InChI=1S/C11H16ClNO3S/c1-16-7-2-3-8-17(14,15)11-9(12)5-4-6-10(11)13/h4-6H,2-3,7-8,13H2,1H3. The molecule has 0 radical (unpaired) electrons. The van der Waals surface area contributed by atoms with Crippen LogP contribution in [0.2, 0.25) is 5.02 Å². The predicted molar refractivity (Wildman–Crippen MR) is 69.0 cm³/mol. The molecule has 0 aromatic heterocycles. The van der Waals surface area contributed by atoms with Crippen molar-refractivity contribution in [2.75, 3.05) is 25.2 Å². The summed E-state index contributed by atoms with van der Waals surface area (Å²) in [6.45, 7) is 0.549. The Hall–Kier alpha value is -0.780. The lowest BCUT2D eigenvalue weighted by Crippen LogP contribution is -2.10. The highest BCUT2D eigenvalue weighted by Gasteiger charge is 2.20. The maximum Gasteiger partial charge on any atom is 0.181 e. The number of unbranched alkanes of at least 4 members (excludes halogenated alkanes) is 1. The summed E-state index contributed by atoms with van der Waals surface area (Å²) in [6, 6.07) is 4.69. The van der Waals surface area contributed by atoms with Crippen molar-refractivity contribution in [1.29, 1.82) is 0 Å². The molecule has 6 heteroatoms. The van der Waals surface area contributed by atoms with Gasteiger partial charge in [0.25, 0.3) is 0 Å². The van der Waals surface area contributed by atoms with Crippen LogP contribution in [0.5, 0.6) is 0 Å². The van der Waals surface area contributed by atoms with E-state index in [1.54, 1.807) is 13.2 Å². The second kappa shape index (κ2) is 6.23. The van der Waals surface area contributed by atoms with Gasteiger partial charge < -0.3 is 10.5 Å². The minimum absolute atomic E-state index is 0.0320. The monoisotopic (exact) mass is 277 g/mol. The molecule has 1 aromatic rings. The predicted octanol–water partition coefficient (Wildman–Crippen LogP) is 2.12. The van der Waals surface area contributed by atoms with Crippen LogP contribution in [0.4, 0.5) is 5.69 Å². The van der Waals surface area contributed by atoms with E-state index in [0.717, 1.165) is 0 Å². The maximum absolute atomic E-state index is 12.0. The highest BCUT2D eigenvalue weighted by Crippen LogP contribution is 2.28.